The van der Waals surface area contributed by atoms with Crippen molar-refractivity contribution in [1.29, 1.82) is 0 Å². The van der Waals surface area contributed by atoms with Gasteiger partial charge in [0.2, 0.25) is 5.91 Å². The molecule has 0 aliphatic heterocycles. The highest BCUT2D eigenvalue weighted by molar-refractivity contribution is 8.00. The molecule has 3 rings (SSSR count). The molecule has 0 radical (unpaired) electrons. The molecule has 3 aromatic rings. The minimum Gasteiger partial charge on any atom is -0.484 e. The van der Waals surface area contributed by atoms with Gasteiger partial charge in [0, 0.05) is 16.3 Å². The fraction of sp³-hybridized carbons (Fsp3) is 0.231. The Bertz CT molecular complexity index is 1070. The van der Waals surface area contributed by atoms with Crippen LogP contribution in [0.2, 0.25) is 0 Å². The highest BCUT2D eigenvalue weighted by Crippen LogP contribution is 2.29. The largest absolute Gasteiger partial charge is 0.484 e. The Hall–Kier alpha value is -3.25. The van der Waals surface area contributed by atoms with Crippen molar-refractivity contribution in [3.8, 4) is 5.75 Å². The highest BCUT2D eigenvalue weighted by atomic mass is 32.2. The van der Waals surface area contributed by atoms with Crippen LogP contribution in [0.15, 0.2) is 77.7 Å². The Morgan fingerprint density at radius 3 is 2.34 bits per heavy atom. The van der Waals surface area contributed by atoms with Gasteiger partial charge in [0.15, 0.2) is 6.61 Å². The van der Waals surface area contributed by atoms with Crippen LogP contribution in [0.5, 0.6) is 5.75 Å². The Morgan fingerprint density at radius 1 is 0.875 bits per heavy atom. The zero-order valence-corrected chi connectivity index (χ0v) is 19.4. The molecule has 0 aliphatic carbocycles. The molecule has 2 amide bonds. The summed E-state index contributed by atoms with van der Waals surface area (Å²) in [5.74, 6) is 0.370. The number of para-hydroxylation sites is 1. The molecule has 0 saturated carbocycles. The summed E-state index contributed by atoms with van der Waals surface area (Å²) in [7, 11) is 0. The SMILES string of the molecule is CCC(Sc1cccc(NC(=O)COc2ccccc2)c1)C(=O)Nc1ccc(C)c(C)c1. The Balaban J connectivity index is 1.57. The number of carbonyl (C=O) groups is 2. The lowest BCUT2D eigenvalue weighted by atomic mass is 10.1. The average molecular weight is 449 g/mol. The first-order valence-electron chi connectivity index (χ1n) is 10.6. The van der Waals surface area contributed by atoms with Gasteiger partial charge in [-0.15, -0.1) is 11.8 Å². The number of nitrogens with one attached hydrogen (secondary N) is 2. The number of amides is 2. The Labute approximate surface area is 193 Å². The summed E-state index contributed by atoms with van der Waals surface area (Å²) in [6.07, 6.45) is 0.683. The van der Waals surface area contributed by atoms with E-state index in [1.807, 2.05) is 81.4 Å². The third-order valence-corrected chi connectivity index (χ3v) is 6.30. The van der Waals surface area contributed by atoms with Crippen LogP contribution < -0.4 is 15.4 Å². The van der Waals surface area contributed by atoms with E-state index in [0.29, 0.717) is 17.9 Å². The zero-order valence-electron chi connectivity index (χ0n) is 18.6. The summed E-state index contributed by atoms with van der Waals surface area (Å²) >= 11 is 1.48. The van der Waals surface area contributed by atoms with Crippen molar-refractivity contribution in [1.82, 2.24) is 0 Å². The number of hydrogen-bond donors (Lipinski definition) is 2. The van der Waals surface area contributed by atoms with E-state index >= 15 is 0 Å². The summed E-state index contributed by atoms with van der Waals surface area (Å²) in [6.45, 7) is 5.99. The van der Waals surface area contributed by atoms with Gasteiger partial charge < -0.3 is 15.4 Å². The quantitative estimate of drug-likeness (QED) is 0.404. The fourth-order valence-electron chi connectivity index (χ4n) is 3.04. The summed E-state index contributed by atoms with van der Waals surface area (Å²) in [4.78, 5) is 26.0. The van der Waals surface area contributed by atoms with Crippen molar-refractivity contribution in [3.63, 3.8) is 0 Å². The molecule has 0 spiro atoms. The molecule has 0 aliphatic rings. The van der Waals surface area contributed by atoms with Gasteiger partial charge >= 0.3 is 0 Å². The normalized spacial score (nSPS) is 11.5. The monoisotopic (exact) mass is 448 g/mol. The van der Waals surface area contributed by atoms with Gasteiger partial charge in [-0.25, -0.2) is 0 Å². The number of ether oxygens (including phenoxy) is 1. The molecule has 2 N–H and O–H groups in total. The van der Waals surface area contributed by atoms with Gasteiger partial charge in [0.1, 0.15) is 5.75 Å². The topological polar surface area (TPSA) is 67.4 Å². The minimum absolute atomic E-state index is 0.0357. The van der Waals surface area contributed by atoms with Crippen molar-refractivity contribution in [2.75, 3.05) is 17.2 Å². The summed E-state index contributed by atoms with van der Waals surface area (Å²) < 4.78 is 5.49. The molecule has 5 nitrogen and oxygen atoms in total. The van der Waals surface area contributed by atoms with Gasteiger partial charge in [0.05, 0.1) is 5.25 Å². The van der Waals surface area contributed by atoms with E-state index < -0.39 is 0 Å². The molecule has 0 fully saturated rings. The second kappa shape index (κ2) is 11.4. The predicted octanol–water partition coefficient (Wildman–Crippen LogP) is 5.83. The first-order chi connectivity index (χ1) is 15.4. The molecule has 0 heterocycles. The van der Waals surface area contributed by atoms with Crippen molar-refractivity contribution >= 4 is 35.0 Å². The summed E-state index contributed by atoms with van der Waals surface area (Å²) in [5.41, 5.74) is 3.80. The van der Waals surface area contributed by atoms with Gasteiger partial charge in [-0.3, -0.25) is 9.59 Å². The van der Waals surface area contributed by atoms with Crippen molar-refractivity contribution in [2.45, 2.75) is 37.3 Å². The second-order valence-electron chi connectivity index (χ2n) is 7.48. The fourth-order valence-corrected chi connectivity index (χ4v) is 4.05. The third kappa shape index (κ3) is 6.89. The number of benzene rings is 3. The van der Waals surface area contributed by atoms with Crippen molar-refractivity contribution in [3.05, 3.63) is 83.9 Å². The Kier molecular flexibility index (Phi) is 8.34. The van der Waals surface area contributed by atoms with E-state index in [9.17, 15) is 9.59 Å². The lowest BCUT2D eigenvalue weighted by Crippen LogP contribution is -2.24. The average Bonchev–Trinajstić information content (AvgIpc) is 2.79. The maximum atomic E-state index is 12.8. The lowest BCUT2D eigenvalue weighted by molar-refractivity contribution is -0.118. The third-order valence-electron chi connectivity index (χ3n) is 4.95. The first kappa shape index (κ1) is 23.4. The van der Waals surface area contributed by atoms with E-state index in [1.54, 1.807) is 12.1 Å². The molecule has 1 atom stereocenters. The smallest absolute Gasteiger partial charge is 0.262 e. The standard InChI is InChI=1S/C26H28N2O3S/c1-4-24(26(30)28-21-14-13-18(2)19(3)15-21)32-23-12-8-9-20(16-23)27-25(29)17-31-22-10-6-5-7-11-22/h5-16,24H,4,17H2,1-3H3,(H,27,29)(H,28,30). The Morgan fingerprint density at radius 2 is 1.62 bits per heavy atom. The van der Waals surface area contributed by atoms with E-state index in [1.165, 1.54) is 17.3 Å². The van der Waals surface area contributed by atoms with E-state index in [2.05, 4.69) is 10.6 Å². The molecule has 0 bridgehead atoms. The van der Waals surface area contributed by atoms with Crippen LogP contribution >= 0.6 is 11.8 Å². The van der Waals surface area contributed by atoms with Crippen LogP contribution in [0.4, 0.5) is 11.4 Å². The molecular formula is C26H28N2O3S. The molecule has 1 unspecified atom stereocenters. The van der Waals surface area contributed by atoms with E-state index in [4.69, 9.17) is 4.74 Å². The van der Waals surface area contributed by atoms with Crippen LogP contribution in [-0.4, -0.2) is 23.7 Å². The van der Waals surface area contributed by atoms with Gasteiger partial charge in [-0.05, 0) is 73.9 Å². The molecular weight excluding hydrogens is 420 g/mol. The molecule has 0 aromatic heterocycles. The van der Waals surface area contributed by atoms with Gasteiger partial charge in [0.25, 0.3) is 5.91 Å². The molecule has 6 heteroatoms. The zero-order chi connectivity index (χ0) is 22.9. The van der Waals surface area contributed by atoms with Crippen LogP contribution in [0.3, 0.4) is 0 Å². The summed E-state index contributed by atoms with van der Waals surface area (Å²) in [5, 5.41) is 5.61. The van der Waals surface area contributed by atoms with Gasteiger partial charge in [-0.2, -0.15) is 0 Å². The van der Waals surface area contributed by atoms with E-state index in [-0.39, 0.29) is 23.7 Å². The number of thioether (sulfide) groups is 1. The lowest BCUT2D eigenvalue weighted by Gasteiger charge is -2.16. The second-order valence-corrected chi connectivity index (χ2v) is 8.76. The highest BCUT2D eigenvalue weighted by Gasteiger charge is 2.18. The number of hydrogen-bond acceptors (Lipinski definition) is 4. The van der Waals surface area contributed by atoms with Crippen LogP contribution in [0.25, 0.3) is 0 Å². The molecule has 3 aromatic carbocycles. The minimum atomic E-state index is -0.246. The molecule has 32 heavy (non-hydrogen) atoms. The van der Waals surface area contributed by atoms with E-state index in [0.717, 1.165) is 16.1 Å². The van der Waals surface area contributed by atoms with Crippen molar-refractivity contribution in [2.24, 2.45) is 0 Å². The van der Waals surface area contributed by atoms with Crippen molar-refractivity contribution < 1.29 is 14.3 Å². The summed E-state index contributed by atoms with van der Waals surface area (Å²) in [6, 6.07) is 22.6. The predicted molar refractivity (Wildman–Crippen MR) is 131 cm³/mol. The van der Waals surface area contributed by atoms with Gasteiger partial charge in [-0.1, -0.05) is 37.3 Å². The van der Waals surface area contributed by atoms with Crippen LogP contribution in [-0.2, 0) is 9.59 Å². The molecule has 0 saturated heterocycles. The molecule has 166 valence electrons. The maximum absolute atomic E-state index is 12.8. The number of anilines is 2. The first-order valence-corrected chi connectivity index (χ1v) is 11.4. The number of aryl methyl sites for hydroxylation is 2. The number of rotatable bonds is 9. The van der Waals surface area contributed by atoms with Crippen LogP contribution in [0.1, 0.15) is 24.5 Å². The van der Waals surface area contributed by atoms with Crippen LogP contribution in [0, 0.1) is 13.8 Å². The number of carbonyl (C=O) groups excluding carboxylic acids is 2. The maximum Gasteiger partial charge on any atom is 0.262 e.